The van der Waals surface area contributed by atoms with E-state index in [4.69, 9.17) is 4.74 Å². The Bertz CT molecular complexity index is 520. The van der Waals surface area contributed by atoms with Gasteiger partial charge in [0, 0.05) is 11.9 Å². The molecule has 1 atom stereocenters. The van der Waals surface area contributed by atoms with E-state index < -0.39 is 0 Å². The number of aromatic amines is 1. The molecule has 1 aromatic carbocycles. The van der Waals surface area contributed by atoms with Crippen LogP contribution in [0.4, 0.5) is 0 Å². The topological polar surface area (TPSA) is 37.9 Å². The number of hydrogen-bond acceptors (Lipinski definition) is 2. The van der Waals surface area contributed by atoms with E-state index in [0.717, 1.165) is 18.6 Å². The molecule has 0 amide bonds. The maximum Gasteiger partial charge on any atom is 0.119 e. The minimum absolute atomic E-state index is 0.713. The minimum atomic E-state index is 0.713. The Labute approximate surface area is 121 Å². The Balaban J connectivity index is 0.000000704. The predicted molar refractivity (Wildman–Crippen MR) is 82.1 cm³/mol. The molecule has 0 fully saturated rings. The Hall–Kier alpha value is -1.77. The van der Waals surface area contributed by atoms with E-state index in [1.165, 1.54) is 29.7 Å². The number of imidazole rings is 1. The molecule has 1 aliphatic carbocycles. The van der Waals surface area contributed by atoms with Gasteiger partial charge in [-0.2, -0.15) is 0 Å². The number of benzene rings is 1. The molecule has 0 radical (unpaired) electrons. The van der Waals surface area contributed by atoms with E-state index in [9.17, 15) is 0 Å². The molecule has 20 heavy (non-hydrogen) atoms. The maximum atomic E-state index is 5.31. The van der Waals surface area contributed by atoms with Crippen LogP contribution < -0.4 is 4.74 Å². The first-order chi connectivity index (χ1) is 9.85. The number of fused-ring (bicyclic) bond motifs is 1. The third-order valence-corrected chi connectivity index (χ3v) is 3.81. The first kappa shape index (κ1) is 14.6. The van der Waals surface area contributed by atoms with Gasteiger partial charge in [-0.05, 0) is 54.9 Å². The van der Waals surface area contributed by atoms with Crippen molar-refractivity contribution >= 4 is 0 Å². The molecule has 0 bridgehead atoms. The summed E-state index contributed by atoms with van der Waals surface area (Å²) >= 11 is 0. The molecular formula is C17H24N2O. The number of rotatable bonds is 3. The Morgan fingerprint density at radius 2 is 2.15 bits per heavy atom. The van der Waals surface area contributed by atoms with Crippen LogP contribution in [-0.4, -0.2) is 17.1 Å². The van der Waals surface area contributed by atoms with Crippen LogP contribution >= 0.6 is 0 Å². The van der Waals surface area contributed by atoms with Gasteiger partial charge in [-0.3, -0.25) is 0 Å². The highest BCUT2D eigenvalue weighted by atomic mass is 16.5. The summed E-state index contributed by atoms with van der Waals surface area (Å²) in [5, 5.41) is 0. The normalized spacial score (nSPS) is 16.9. The second-order valence-electron chi connectivity index (χ2n) is 5.02. The van der Waals surface area contributed by atoms with Crippen molar-refractivity contribution in [1.82, 2.24) is 9.97 Å². The van der Waals surface area contributed by atoms with Crippen molar-refractivity contribution < 1.29 is 4.74 Å². The smallest absolute Gasteiger partial charge is 0.119 e. The number of aromatic nitrogens is 2. The van der Waals surface area contributed by atoms with Crippen molar-refractivity contribution in [3.8, 4) is 5.75 Å². The molecule has 1 N–H and O–H groups in total. The molecule has 1 unspecified atom stereocenters. The molecule has 1 heterocycles. The number of methoxy groups -OCH3 is 1. The van der Waals surface area contributed by atoms with Gasteiger partial charge in [-0.25, -0.2) is 4.98 Å². The van der Waals surface area contributed by atoms with E-state index in [0.29, 0.717) is 5.92 Å². The largest absolute Gasteiger partial charge is 0.497 e. The first-order valence-electron chi connectivity index (χ1n) is 7.48. The number of hydrogen-bond donors (Lipinski definition) is 1. The lowest BCUT2D eigenvalue weighted by Gasteiger charge is -2.24. The molecule has 1 aliphatic rings. The van der Waals surface area contributed by atoms with Gasteiger partial charge in [0.1, 0.15) is 5.75 Å². The Kier molecular flexibility index (Phi) is 5.22. The lowest BCUT2D eigenvalue weighted by molar-refractivity contribution is 0.409. The summed E-state index contributed by atoms with van der Waals surface area (Å²) in [6, 6.07) is 6.46. The molecule has 3 nitrogen and oxygen atoms in total. The fourth-order valence-electron chi connectivity index (χ4n) is 2.82. The van der Waals surface area contributed by atoms with Crippen molar-refractivity contribution in [3.05, 3.63) is 47.5 Å². The fourth-order valence-corrected chi connectivity index (χ4v) is 2.82. The molecule has 0 spiro atoms. The number of nitrogens with zero attached hydrogens (tertiary/aromatic N) is 1. The highest BCUT2D eigenvalue weighted by Gasteiger charge is 2.19. The molecule has 0 aliphatic heterocycles. The summed E-state index contributed by atoms with van der Waals surface area (Å²) in [5.74, 6) is 1.68. The summed E-state index contributed by atoms with van der Waals surface area (Å²) < 4.78 is 5.31. The van der Waals surface area contributed by atoms with Gasteiger partial charge in [-0.1, -0.05) is 19.9 Å². The summed E-state index contributed by atoms with van der Waals surface area (Å²) in [5.41, 5.74) is 4.17. The highest BCUT2D eigenvalue weighted by molar-refractivity contribution is 5.37. The number of H-pyrrole nitrogens is 1. The van der Waals surface area contributed by atoms with Crippen molar-refractivity contribution in [2.24, 2.45) is 5.92 Å². The Morgan fingerprint density at radius 3 is 2.85 bits per heavy atom. The van der Waals surface area contributed by atoms with Gasteiger partial charge < -0.3 is 9.72 Å². The lowest BCUT2D eigenvalue weighted by atomic mass is 9.81. The van der Waals surface area contributed by atoms with Gasteiger partial charge >= 0.3 is 0 Å². The molecule has 3 rings (SSSR count). The van der Waals surface area contributed by atoms with Crippen LogP contribution in [0, 0.1) is 5.92 Å². The van der Waals surface area contributed by atoms with Crippen LogP contribution in [0.25, 0.3) is 0 Å². The standard InChI is InChI=1S/C15H18N2O.C2H6/c1-18-15-5-4-12-3-2-11(6-13(12)8-15)7-14-9-16-10-17-14;1-2/h4-5,8-11H,2-3,6-7H2,1H3,(H,16,17);1-2H3. The predicted octanol–water partition coefficient (Wildman–Crippen LogP) is 3.79. The number of nitrogens with one attached hydrogen (secondary N) is 1. The van der Waals surface area contributed by atoms with Crippen LogP contribution in [-0.2, 0) is 19.3 Å². The average Bonchev–Trinajstić information content (AvgIpc) is 3.01. The van der Waals surface area contributed by atoms with Crippen molar-refractivity contribution in [1.29, 1.82) is 0 Å². The van der Waals surface area contributed by atoms with E-state index in [1.54, 1.807) is 13.4 Å². The van der Waals surface area contributed by atoms with Crippen molar-refractivity contribution in [2.75, 3.05) is 7.11 Å². The van der Waals surface area contributed by atoms with Gasteiger partial charge in [0.25, 0.3) is 0 Å². The van der Waals surface area contributed by atoms with Gasteiger partial charge in [-0.15, -0.1) is 0 Å². The van der Waals surface area contributed by atoms with Gasteiger partial charge in [0.15, 0.2) is 0 Å². The maximum absolute atomic E-state index is 5.31. The van der Waals surface area contributed by atoms with Crippen LogP contribution in [0.3, 0.4) is 0 Å². The Morgan fingerprint density at radius 1 is 1.30 bits per heavy atom. The van der Waals surface area contributed by atoms with Crippen LogP contribution in [0.2, 0.25) is 0 Å². The molecular weight excluding hydrogens is 248 g/mol. The lowest BCUT2D eigenvalue weighted by Crippen LogP contribution is -2.16. The van der Waals surface area contributed by atoms with Crippen molar-refractivity contribution in [3.63, 3.8) is 0 Å². The third-order valence-electron chi connectivity index (χ3n) is 3.81. The number of aryl methyl sites for hydroxylation is 1. The summed E-state index contributed by atoms with van der Waals surface area (Å²) in [7, 11) is 1.73. The second kappa shape index (κ2) is 7.13. The summed E-state index contributed by atoms with van der Waals surface area (Å²) in [4.78, 5) is 7.28. The molecule has 108 valence electrons. The van der Waals surface area contributed by atoms with E-state index in [1.807, 2.05) is 20.0 Å². The number of ether oxygens (including phenoxy) is 1. The van der Waals surface area contributed by atoms with Crippen LogP contribution in [0.15, 0.2) is 30.7 Å². The average molecular weight is 272 g/mol. The molecule has 0 saturated carbocycles. The first-order valence-corrected chi connectivity index (χ1v) is 7.48. The monoisotopic (exact) mass is 272 g/mol. The quantitative estimate of drug-likeness (QED) is 0.923. The zero-order valence-corrected chi connectivity index (χ0v) is 12.6. The zero-order valence-electron chi connectivity index (χ0n) is 12.6. The SMILES string of the molecule is CC.COc1ccc2c(c1)CC(Cc1cnc[nH]1)CC2. The summed E-state index contributed by atoms with van der Waals surface area (Å²) in [6.45, 7) is 4.00. The minimum Gasteiger partial charge on any atom is -0.497 e. The van der Waals surface area contributed by atoms with Crippen molar-refractivity contribution in [2.45, 2.75) is 39.5 Å². The molecule has 0 saturated heterocycles. The van der Waals surface area contributed by atoms with Crippen LogP contribution in [0.5, 0.6) is 5.75 Å². The molecule has 1 aromatic heterocycles. The highest BCUT2D eigenvalue weighted by Crippen LogP contribution is 2.30. The second-order valence-corrected chi connectivity index (χ2v) is 5.02. The fraction of sp³-hybridized carbons (Fsp3) is 0.471. The third kappa shape index (κ3) is 3.41. The van der Waals surface area contributed by atoms with Gasteiger partial charge in [0.05, 0.1) is 13.4 Å². The van der Waals surface area contributed by atoms with E-state index in [-0.39, 0.29) is 0 Å². The van der Waals surface area contributed by atoms with E-state index >= 15 is 0 Å². The van der Waals surface area contributed by atoms with E-state index in [2.05, 4.69) is 28.2 Å². The van der Waals surface area contributed by atoms with Crippen LogP contribution in [0.1, 0.15) is 37.1 Å². The molecule has 2 aromatic rings. The summed E-state index contributed by atoms with van der Waals surface area (Å²) in [6.07, 6.45) is 8.37. The molecule has 3 heteroatoms. The zero-order chi connectivity index (χ0) is 14.4. The van der Waals surface area contributed by atoms with Gasteiger partial charge in [0.2, 0.25) is 0 Å².